The molecule has 0 amide bonds. The van der Waals surface area contributed by atoms with Crippen molar-refractivity contribution in [3.8, 4) is 0 Å². The highest BCUT2D eigenvalue weighted by Crippen LogP contribution is 2.38. The molecule has 1 aromatic carbocycles. The number of nitrogens with two attached hydrogens (primary N) is 1. The molecule has 0 heterocycles. The number of hydrogen-bond acceptors (Lipinski definition) is 3. The minimum Gasteiger partial charge on any atom is -0.397 e. The molecule has 0 spiro atoms. The number of anilines is 2. The number of methoxy groups -OCH3 is 1. The third-order valence-electron chi connectivity index (χ3n) is 3.19. The van der Waals surface area contributed by atoms with E-state index in [0.717, 1.165) is 25.0 Å². The Morgan fingerprint density at radius 1 is 1.37 bits per heavy atom. The van der Waals surface area contributed by atoms with Crippen LogP contribution in [-0.2, 0) is 10.9 Å². The molecular weight excluding hydrogens is 257 g/mol. The highest BCUT2D eigenvalue weighted by atomic mass is 19.4. The van der Waals surface area contributed by atoms with Crippen molar-refractivity contribution in [2.75, 3.05) is 30.9 Å². The number of hydrogen-bond donors (Lipinski definition) is 1. The van der Waals surface area contributed by atoms with Crippen molar-refractivity contribution >= 4 is 11.4 Å². The van der Waals surface area contributed by atoms with Crippen LogP contribution in [0.15, 0.2) is 18.2 Å². The normalized spacial score (nSPS) is 15.6. The second-order valence-corrected chi connectivity index (χ2v) is 4.69. The highest BCUT2D eigenvalue weighted by Gasteiger charge is 2.33. The van der Waals surface area contributed by atoms with E-state index in [1.165, 1.54) is 6.07 Å². The Bertz CT molecular complexity index is 444. The van der Waals surface area contributed by atoms with E-state index in [4.69, 9.17) is 10.5 Å². The van der Waals surface area contributed by atoms with Crippen LogP contribution in [0, 0.1) is 0 Å². The second-order valence-electron chi connectivity index (χ2n) is 4.69. The predicted molar refractivity (Wildman–Crippen MR) is 68.1 cm³/mol. The van der Waals surface area contributed by atoms with Crippen molar-refractivity contribution in [2.45, 2.75) is 25.1 Å². The molecule has 19 heavy (non-hydrogen) atoms. The van der Waals surface area contributed by atoms with Crippen molar-refractivity contribution in [1.82, 2.24) is 0 Å². The SMILES string of the molecule is COCCN(c1ccc(C(F)(F)F)cc1N)C1CC1. The van der Waals surface area contributed by atoms with E-state index in [2.05, 4.69) is 0 Å². The van der Waals surface area contributed by atoms with E-state index in [1.807, 2.05) is 4.90 Å². The predicted octanol–water partition coefficient (Wildman–Crippen LogP) is 2.90. The van der Waals surface area contributed by atoms with Crippen LogP contribution in [0.3, 0.4) is 0 Å². The van der Waals surface area contributed by atoms with Crippen LogP contribution in [0.25, 0.3) is 0 Å². The Morgan fingerprint density at radius 2 is 2.05 bits per heavy atom. The van der Waals surface area contributed by atoms with Gasteiger partial charge in [0.25, 0.3) is 0 Å². The lowest BCUT2D eigenvalue weighted by Crippen LogP contribution is -2.30. The zero-order valence-corrected chi connectivity index (χ0v) is 10.7. The highest BCUT2D eigenvalue weighted by molar-refractivity contribution is 5.69. The fourth-order valence-electron chi connectivity index (χ4n) is 2.07. The maximum Gasteiger partial charge on any atom is 0.416 e. The first kappa shape index (κ1) is 14.0. The fraction of sp³-hybridized carbons (Fsp3) is 0.538. The largest absolute Gasteiger partial charge is 0.416 e. The van der Waals surface area contributed by atoms with Crippen LogP contribution in [0.2, 0.25) is 0 Å². The smallest absolute Gasteiger partial charge is 0.397 e. The summed E-state index contributed by atoms with van der Waals surface area (Å²) in [5.41, 5.74) is 5.89. The molecule has 1 saturated carbocycles. The molecule has 0 radical (unpaired) electrons. The quantitative estimate of drug-likeness (QED) is 0.839. The zero-order valence-electron chi connectivity index (χ0n) is 10.7. The van der Waals surface area contributed by atoms with Gasteiger partial charge in [0, 0.05) is 19.7 Å². The van der Waals surface area contributed by atoms with Crippen LogP contribution < -0.4 is 10.6 Å². The van der Waals surface area contributed by atoms with Gasteiger partial charge < -0.3 is 15.4 Å². The lowest BCUT2D eigenvalue weighted by Gasteiger charge is -2.26. The summed E-state index contributed by atoms with van der Waals surface area (Å²) in [7, 11) is 1.60. The molecule has 2 N–H and O–H groups in total. The van der Waals surface area contributed by atoms with Gasteiger partial charge >= 0.3 is 6.18 Å². The number of benzene rings is 1. The summed E-state index contributed by atoms with van der Waals surface area (Å²) in [6, 6.07) is 3.89. The van der Waals surface area contributed by atoms with Crippen LogP contribution >= 0.6 is 0 Å². The number of rotatable bonds is 5. The number of halogens is 3. The van der Waals surface area contributed by atoms with Gasteiger partial charge in [-0.2, -0.15) is 13.2 Å². The van der Waals surface area contributed by atoms with Crippen LogP contribution in [0.4, 0.5) is 24.5 Å². The summed E-state index contributed by atoms with van der Waals surface area (Å²) in [6.45, 7) is 1.16. The molecule has 0 aliphatic heterocycles. The van der Waals surface area contributed by atoms with E-state index in [-0.39, 0.29) is 5.69 Å². The molecule has 6 heteroatoms. The summed E-state index contributed by atoms with van der Waals surface area (Å²) in [4.78, 5) is 2.03. The van der Waals surface area contributed by atoms with Gasteiger partial charge in [-0.1, -0.05) is 0 Å². The summed E-state index contributed by atoms with van der Waals surface area (Å²) in [6.07, 6.45) is -2.27. The van der Waals surface area contributed by atoms with Crippen LogP contribution in [0.1, 0.15) is 18.4 Å². The molecule has 106 valence electrons. The maximum absolute atomic E-state index is 12.6. The van der Waals surface area contributed by atoms with Gasteiger partial charge in [-0.25, -0.2) is 0 Å². The molecule has 0 atom stereocenters. The van der Waals surface area contributed by atoms with Crippen LogP contribution in [0.5, 0.6) is 0 Å². The Hall–Kier alpha value is -1.43. The molecule has 0 aromatic heterocycles. The van der Waals surface area contributed by atoms with Crippen molar-refractivity contribution in [3.63, 3.8) is 0 Å². The van der Waals surface area contributed by atoms with Gasteiger partial charge in [-0.05, 0) is 31.0 Å². The molecule has 1 aliphatic rings. The lowest BCUT2D eigenvalue weighted by atomic mass is 10.1. The Morgan fingerprint density at radius 3 is 2.53 bits per heavy atom. The summed E-state index contributed by atoms with van der Waals surface area (Å²) in [5, 5.41) is 0. The first-order valence-electron chi connectivity index (χ1n) is 6.16. The van der Waals surface area contributed by atoms with Crippen molar-refractivity contribution in [3.05, 3.63) is 23.8 Å². The monoisotopic (exact) mass is 274 g/mol. The van der Waals surface area contributed by atoms with E-state index in [0.29, 0.717) is 24.9 Å². The van der Waals surface area contributed by atoms with Crippen LogP contribution in [-0.4, -0.2) is 26.3 Å². The molecule has 1 aliphatic carbocycles. The van der Waals surface area contributed by atoms with E-state index in [9.17, 15) is 13.2 Å². The molecule has 1 aromatic rings. The molecule has 0 bridgehead atoms. The minimum atomic E-state index is -4.36. The molecular formula is C13H17F3N2O. The Labute approximate surface area is 110 Å². The maximum atomic E-state index is 12.6. The van der Waals surface area contributed by atoms with Gasteiger partial charge in [-0.15, -0.1) is 0 Å². The fourth-order valence-corrected chi connectivity index (χ4v) is 2.07. The summed E-state index contributed by atoms with van der Waals surface area (Å²) in [5.74, 6) is 0. The standard InChI is InChI=1S/C13H17F3N2O/c1-19-7-6-18(10-3-4-10)12-5-2-9(8-11(12)17)13(14,15)16/h2,5,8,10H,3-4,6-7,17H2,1H3. The van der Waals surface area contributed by atoms with Crippen molar-refractivity contribution in [1.29, 1.82) is 0 Å². The van der Waals surface area contributed by atoms with E-state index >= 15 is 0 Å². The van der Waals surface area contributed by atoms with Gasteiger partial charge in [0.2, 0.25) is 0 Å². The second kappa shape index (κ2) is 5.28. The topological polar surface area (TPSA) is 38.5 Å². The average Bonchev–Trinajstić information content (AvgIpc) is 3.14. The molecule has 3 nitrogen and oxygen atoms in total. The summed E-state index contributed by atoms with van der Waals surface area (Å²) >= 11 is 0. The first-order valence-corrected chi connectivity index (χ1v) is 6.16. The lowest BCUT2D eigenvalue weighted by molar-refractivity contribution is -0.137. The van der Waals surface area contributed by atoms with E-state index < -0.39 is 11.7 Å². The third kappa shape index (κ3) is 3.32. The molecule has 2 rings (SSSR count). The Kier molecular flexibility index (Phi) is 3.89. The Balaban J connectivity index is 2.23. The number of nitrogens with zero attached hydrogens (tertiary/aromatic N) is 1. The van der Waals surface area contributed by atoms with Gasteiger partial charge in [0.05, 0.1) is 23.5 Å². The zero-order chi connectivity index (χ0) is 14.0. The number of nitrogen functional groups attached to an aromatic ring is 1. The summed E-state index contributed by atoms with van der Waals surface area (Å²) < 4.78 is 42.8. The van der Waals surface area contributed by atoms with Crippen molar-refractivity contribution in [2.24, 2.45) is 0 Å². The molecule has 1 fully saturated rings. The van der Waals surface area contributed by atoms with Gasteiger partial charge in [0.1, 0.15) is 0 Å². The number of alkyl halides is 3. The first-order chi connectivity index (χ1) is 8.93. The van der Waals surface area contributed by atoms with Gasteiger partial charge in [-0.3, -0.25) is 0 Å². The molecule has 0 unspecified atom stereocenters. The third-order valence-corrected chi connectivity index (χ3v) is 3.19. The van der Waals surface area contributed by atoms with E-state index in [1.54, 1.807) is 7.11 Å². The van der Waals surface area contributed by atoms with Crippen molar-refractivity contribution < 1.29 is 17.9 Å². The van der Waals surface area contributed by atoms with Gasteiger partial charge in [0.15, 0.2) is 0 Å². The molecule has 0 saturated heterocycles. The average molecular weight is 274 g/mol. The number of ether oxygens (including phenoxy) is 1. The minimum absolute atomic E-state index is 0.165.